The van der Waals surface area contributed by atoms with Gasteiger partial charge in [0.1, 0.15) is 0 Å². The number of hydrogen-bond acceptors (Lipinski definition) is 5. The molecule has 0 saturated carbocycles. The fourth-order valence-electron chi connectivity index (χ4n) is 2.18. The van der Waals surface area contributed by atoms with Crippen molar-refractivity contribution in [3.8, 4) is 11.5 Å². The molecule has 0 radical (unpaired) electrons. The summed E-state index contributed by atoms with van der Waals surface area (Å²) in [5, 5.41) is 3.01. The monoisotopic (exact) mass is 389 g/mol. The van der Waals surface area contributed by atoms with E-state index in [9.17, 15) is 9.59 Å². The third kappa shape index (κ3) is 5.76. The minimum atomic E-state index is -0.983. The van der Waals surface area contributed by atoms with E-state index in [0.717, 1.165) is 5.56 Å². The molecule has 0 heterocycles. The maximum absolute atomic E-state index is 12.1. The van der Waals surface area contributed by atoms with Gasteiger partial charge in [-0.2, -0.15) is 0 Å². The fourth-order valence-corrected chi connectivity index (χ4v) is 2.37. The summed E-state index contributed by atoms with van der Waals surface area (Å²) in [7, 11) is 3.07. The van der Waals surface area contributed by atoms with Crippen LogP contribution in [0, 0.1) is 0 Å². The molecule has 142 valence electrons. The predicted octanol–water partition coefficient (Wildman–Crippen LogP) is 3.94. The first-order valence-electron chi connectivity index (χ1n) is 8.10. The summed E-state index contributed by atoms with van der Waals surface area (Å²) in [4.78, 5) is 24.1. The number of halogens is 1. The Labute approximate surface area is 162 Å². The highest BCUT2D eigenvalue weighted by molar-refractivity contribution is 6.33. The van der Waals surface area contributed by atoms with Gasteiger partial charge in [-0.15, -0.1) is 0 Å². The molecule has 0 bridgehead atoms. The van der Waals surface area contributed by atoms with Crippen LogP contribution in [0.5, 0.6) is 11.5 Å². The van der Waals surface area contributed by atoms with Crippen molar-refractivity contribution >= 4 is 35.2 Å². The standard InChI is InChI=1S/C20H20ClNO5/c1-13(20(24)22-16-7-5-4-6-15(16)21)27-19(23)11-9-14-8-10-17(25-2)18(12-14)26-3/h4-13H,1-3H3,(H,22,24)/b11-9+/t13-/m1/s1. The Kier molecular flexibility index (Phi) is 7.25. The number of para-hydroxylation sites is 1. The van der Waals surface area contributed by atoms with Crippen LogP contribution in [0.25, 0.3) is 6.08 Å². The molecule has 1 amide bonds. The second-order valence-electron chi connectivity index (χ2n) is 5.50. The molecule has 2 aromatic carbocycles. The number of benzene rings is 2. The van der Waals surface area contributed by atoms with Crippen molar-refractivity contribution in [2.24, 2.45) is 0 Å². The summed E-state index contributed by atoms with van der Waals surface area (Å²) in [6, 6.07) is 12.0. The Morgan fingerprint density at radius 1 is 1.07 bits per heavy atom. The normalized spacial score (nSPS) is 11.7. The maximum atomic E-state index is 12.1. The minimum absolute atomic E-state index is 0.401. The molecule has 1 atom stereocenters. The van der Waals surface area contributed by atoms with Gasteiger partial charge >= 0.3 is 5.97 Å². The van der Waals surface area contributed by atoms with Crippen LogP contribution in [0.4, 0.5) is 5.69 Å². The van der Waals surface area contributed by atoms with Gasteiger partial charge in [0.05, 0.1) is 24.9 Å². The van der Waals surface area contributed by atoms with E-state index in [1.54, 1.807) is 55.7 Å². The van der Waals surface area contributed by atoms with Gasteiger partial charge in [0.15, 0.2) is 17.6 Å². The van der Waals surface area contributed by atoms with E-state index < -0.39 is 18.0 Å². The van der Waals surface area contributed by atoms with E-state index >= 15 is 0 Å². The lowest BCUT2D eigenvalue weighted by Crippen LogP contribution is -2.29. The van der Waals surface area contributed by atoms with Gasteiger partial charge < -0.3 is 19.5 Å². The van der Waals surface area contributed by atoms with Crippen molar-refractivity contribution in [3.63, 3.8) is 0 Å². The van der Waals surface area contributed by atoms with Crippen LogP contribution in [0.1, 0.15) is 12.5 Å². The molecule has 1 N–H and O–H groups in total. The second kappa shape index (κ2) is 9.64. The van der Waals surface area contributed by atoms with Crippen LogP contribution in [-0.2, 0) is 14.3 Å². The second-order valence-corrected chi connectivity index (χ2v) is 5.90. The number of methoxy groups -OCH3 is 2. The Morgan fingerprint density at radius 3 is 2.44 bits per heavy atom. The summed E-state index contributed by atoms with van der Waals surface area (Å²) >= 11 is 5.99. The Balaban J connectivity index is 1.95. The summed E-state index contributed by atoms with van der Waals surface area (Å²) in [6.45, 7) is 1.48. The molecule has 27 heavy (non-hydrogen) atoms. The van der Waals surface area contributed by atoms with E-state index in [0.29, 0.717) is 22.2 Å². The number of anilines is 1. The first-order valence-corrected chi connectivity index (χ1v) is 8.48. The third-order valence-corrected chi connectivity index (χ3v) is 3.94. The zero-order valence-corrected chi connectivity index (χ0v) is 15.9. The molecule has 0 saturated heterocycles. The first kappa shape index (κ1) is 20.3. The smallest absolute Gasteiger partial charge is 0.331 e. The molecule has 2 aromatic rings. The van der Waals surface area contributed by atoms with Crippen molar-refractivity contribution < 1.29 is 23.8 Å². The van der Waals surface area contributed by atoms with Crippen molar-refractivity contribution in [3.05, 3.63) is 59.1 Å². The summed E-state index contributed by atoms with van der Waals surface area (Å²) in [5.41, 5.74) is 1.17. The van der Waals surface area contributed by atoms with Crippen LogP contribution in [0.3, 0.4) is 0 Å². The molecule has 0 aliphatic heterocycles. The fraction of sp³-hybridized carbons (Fsp3) is 0.200. The molecule has 7 heteroatoms. The summed E-state index contributed by atoms with van der Waals surface area (Å²) in [6.07, 6.45) is 1.81. The number of nitrogens with one attached hydrogen (secondary N) is 1. The van der Waals surface area contributed by atoms with Crippen LogP contribution < -0.4 is 14.8 Å². The molecule has 0 aliphatic rings. The number of hydrogen-bond donors (Lipinski definition) is 1. The maximum Gasteiger partial charge on any atom is 0.331 e. The van der Waals surface area contributed by atoms with Crippen molar-refractivity contribution in [2.45, 2.75) is 13.0 Å². The summed E-state index contributed by atoms with van der Waals surface area (Å²) in [5.74, 6) is 0.00477. The zero-order chi connectivity index (χ0) is 19.8. The summed E-state index contributed by atoms with van der Waals surface area (Å²) < 4.78 is 15.5. The number of carbonyl (C=O) groups is 2. The Bertz CT molecular complexity index is 850. The third-order valence-electron chi connectivity index (χ3n) is 3.61. The van der Waals surface area contributed by atoms with Crippen LogP contribution in [0.2, 0.25) is 5.02 Å². The van der Waals surface area contributed by atoms with Gasteiger partial charge in [-0.3, -0.25) is 4.79 Å². The molecular formula is C20H20ClNO5. The predicted molar refractivity (Wildman–Crippen MR) is 104 cm³/mol. The SMILES string of the molecule is COc1ccc(/C=C/C(=O)O[C@H](C)C(=O)Nc2ccccc2Cl)cc1OC. The largest absolute Gasteiger partial charge is 0.493 e. The highest BCUT2D eigenvalue weighted by Crippen LogP contribution is 2.28. The zero-order valence-electron chi connectivity index (χ0n) is 15.2. The lowest BCUT2D eigenvalue weighted by atomic mass is 10.2. The molecule has 0 aromatic heterocycles. The number of carbonyl (C=O) groups excluding carboxylic acids is 2. The van der Waals surface area contributed by atoms with Gasteiger partial charge in [0.25, 0.3) is 5.91 Å². The van der Waals surface area contributed by atoms with Gasteiger partial charge in [0, 0.05) is 6.08 Å². The molecule has 0 unspecified atom stereocenters. The average Bonchev–Trinajstić information content (AvgIpc) is 2.67. The molecule has 0 aliphatic carbocycles. The van der Waals surface area contributed by atoms with Crippen LogP contribution >= 0.6 is 11.6 Å². The number of ether oxygens (including phenoxy) is 3. The lowest BCUT2D eigenvalue weighted by Gasteiger charge is -2.13. The highest BCUT2D eigenvalue weighted by Gasteiger charge is 2.17. The van der Waals surface area contributed by atoms with E-state index in [4.69, 9.17) is 25.8 Å². The van der Waals surface area contributed by atoms with Gasteiger partial charge in [-0.1, -0.05) is 29.8 Å². The van der Waals surface area contributed by atoms with E-state index in [1.807, 2.05) is 0 Å². The van der Waals surface area contributed by atoms with E-state index in [1.165, 1.54) is 20.1 Å². The molecular weight excluding hydrogens is 370 g/mol. The highest BCUT2D eigenvalue weighted by atomic mass is 35.5. The molecule has 0 spiro atoms. The number of esters is 1. The number of rotatable bonds is 7. The molecule has 0 fully saturated rings. The van der Waals surface area contributed by atoms with Crippen LogP contribution in [-0.4, -0.2) is 32.2 Å². The Hall–Kier alpha value is -2.99. The van der Waals surface area contributed by atoms with Crippen molar-refractivity contribution in [1.82, 2.24) is 0 Å². The van der Waals surface area contributed by atoms with Gasteiger partial charge in [-0.05, 0) is 42.8 Å². The minimum Gasteiger partial charge on any atom is -0.493 e. The molecule has 2 rings (SSSR count). The molecule has 6 nitrogen and oxygen atoms in total. The first-order chi connectivity index (χ1) is 12.9. The Morgan fingerprint density at radius 2 is 1.78 bits per heavy atom. The number of amides is 1. The van der Waals surface area contributed by atoms with E-state index in [2.05, 4.69) is 5.32 Å². The topological polar surface area (TPSA) is 73.9 Å². The quantitative estimate of drug-likeness (QED) is 0.573. The lowest BCUT2D eigenvalue weighted by molar-refractivity contribution is -0.148. The average molecular weight is 390 g/mol. The van der Waals surface area contributed by atoms with Crippen molar-refractivity contribution in [2.75, 3.05) is 19.5 Å². The van der Waals surface area contributed by atoms with Crippen LogP contribution in [0.15, 0.2) is 48.5 Å². The van der Waals surface area contributed by atoms with E-state index in [-0.39, 0.29) is 0 Å². The van der Waals surface area contributed by atoms with Crippen molar-refractivity contribution in [1.29, 1.82) is 0 Å². The van der Waals surface area contributed by atoms with Gasteiger partial charge in [-0.25, -0.2) is 4.79 Å². The van der Waals surface area contributed by atoms with Gasteiger partial charge in [0.2, 0.25) is 0 Å².